The van der Waals surface area contributed by atoms with E-state index in [0.717, 1.165) is 11.1 Å². The number of benzene rings is 3. The second-order valence-corrected chi connectivity index (χ2v) is 9.57. The molecule has 0 unspecified atom stereocenters. The van der Waals surface area contributed by atoms with Gasteiger partial charge in [0, 0.05) is 12.1 Å². The molecule has 0 saturated heterocycles. The van der Waals surface area contributed by atoms with Crippen molar-refractivity contribution in [2.45, 2.75) is 23.3 Å². The SMILES string of the molecule is COc1ccc(CCNc2oc(-c3ccccc3)nc2S(=O)(=O)c2ccc(C)cc2)cc1OC. The molecule has 1 aromatic heterocycles. The Balaban J connectivity index is 1.63. The van der Waals surface area contributed by atoms with Crippen LogP contribution in [0.3, 0.4) is 0 Å². The summed E-state index contributed by atoms with van der Waals surface area (Å²) in [5, 5.41) is 2.99. The van der Waals surface area contributed by atoms with Gasteiger partial charge in [0.05, 0.1) is 19.1 Å². The molecule has 0 amide bonds. The van der Waals surface area contributed by atoms with Crippen LogP contribution in [0.2, 0.25) is 0 Å². The van der Waals surface area contributed by atoms with E-state index in [1.165, 1.54) is 0 Å². The van der Waals surface area contributed by atoms with Crippen LogP contribution in [0.4, 0.5) is 5.88 Å². The van der Waals surface area contributed by atoms with E-state index in [1.54, 1.807) is 38.5 Å². The number of ether oxygens (including phenoxy) is 2. The third-order valence-corrected chi connectivity index (χ3v) is 7.03. The van der Waals surface area contributed by atoms with Gasteiger partial charge in [-0.05, 0) is 55.3 Å². The maximum absolute atomic E-state index is 13.4. The zero-order valence-electron chi connectivity index (χ0n) is 19.2. The van der Waals surface area contributed by atoms with Crippen LogP contribution in [0.15, 0.2) is 87.1 Å². The second kappa shape index (κ2) is 10.0. The Morgan fingerprint density at radius 2 is 1.62 bits per heavy atom. The van der Waals surface area contributed by atoms with Crippen molar-refractivity contribution in [3.63, 3.8) is 0 Å². The van der Waals surface area contributed by atoms with Gasteiger partial charge in [-0.3, -0.25) is 0 Å². The Labute approximate surface area is 199 Å². The summed E-state index contributed by atoms with van der Waals surface area (Å²) < 4.78 is 43.4. The maximum Gasteiger partial charge on any atom is 0.233 e. The average Bonchev–Trinajstić information content (AvgIpc) is 3.30. The normalized spacial score (nSPS) is 11.3. The van der Waals surface area contributed by atoms with Crippen LogP contribution in [0.25, 0.3) is 11.5 Å². The number of anilines is 1. The summed E-state index contributed by atoms with van der Waals surface area (Å²) in [6.07, 6.45) is 0.603. The molecule has 1 N–H and O–H groups in total. The Morgan fingerprint density at radius 1 is 0.912 bits per heavy atom. The van der Waals surface area contributed by atoms with Crippen molar-refractivity contribution in [3.05, 3.63) is 83.9 Å². The molecule has 4 rings (SSSR count). The van der Waals surface area contributed by atoms with Gasteiger partial charge in [0.25, 0.3) is 0 Å². The minimum atomic E-state index is -3.89. The highest BCUT2D eigenvalue weighted by Gasteiger charge is 2.28. The summed E-state index contributed by atoms with van der Waals surface area (Å²) in [6.45, 7) is 2.33. The molecule has 0 bridgehead atoms. The van der Waals surface area contributed by atoms with Crippen LogP contribution in [-0.2, 0) is 16.3 Å². The Morgan fingerprint density at radius 3 is 2.29 bits per heavy atom. The first kappa shape index (κ1) is 23.4. The van der Waals surface area contributed by atoms with Crippen molar-refractivity contribution in [3.8, 4) is 23.0 Å². The molecule has 0 saturated carbocycles. The number of rotatable bonds is 9. The molecule has 0 fully saturated rings. The molecule has 0 atom stereocenters. The number of oxazole rings is 1. The van der Waals surface area contributed by atoms with Crippen LogP contribution in [-0.4, -0.2) is 34.2 Å². The molecule has 0 spiro atoms. The zero-order chi connectivity index (χ0) is 24.1. The largest absolute Gasteiger partial charge is 0.493 e. The summed E-state index contributed by atoms with van der Waals surface area (Å²) in [5.41, 5.74) is 2.66. The van der Waals surface area contributed by atoms with Crippen molar-refractivity contribution in [1.82, 2.24) is 4.98 Å². The molecule has 1 heterocycles. The van der Waals surface area contributed by atoms with Crippen LogP contribution >= 0.6 is 0 Å². The Kier molecular flexibility index (Phi) is 6.88. The van der Waals surface area contributed by atoms with Gasteiger partial charge in [0.15, 0.2) is 11.5 Å². The number of sulfone groups is 1. The van der Waals surface area contributed by atoms with E-state index in [1.807, 2.05) is 55.5 Å². The van der Waals surface area contributed by atoms with E-state index in [0.29, 0.717) is 30.0 Å². The predicted molar refractivity (Wildman–Crippen MR) is 130 cm³/mol. The van der Waals surface area contributed by atoms with Gasteiger partial charge < -0.3 is 19.2 Å². The van der Waals surface area contributed by atoms with Gasteiger partial charge in [0.2, 0.25) is 26.6 Å². The summed E-state index contributed by atoms with van der Waals surface area (Å²) in [4.78, 5) is 4.53. The number of methoxy groups -OCH3 is 2. The fraction of sp³-hybridized carbons (Fsp3) is 0.192. The summed E-state index contributed by atoms with van der Waals surface area (Å²) >= 11 is 0. The molecule has 0 aliphatic heterocycles. The number of nitrogens with zero attached hydrogens (tertiary/aromatic N) is 1. The molecule has 34 heavy (non-hydrogen) atoms. The van der Waals surface area contributed by atoms with Crippen LogP contribution in [0.5, 0.6) is 11.5 Å². The number of aromatic nitrogens is 1. The maximum atomic E-state index is 13.4. The Hall–Kier alpha value is -3.78. The highest BCUT2D eigenvalue weighted by atomic mass is 32.2. The van der Waals surface area contributed by atoms with Crippen molar-refractivity contribution < 1.29 is 22.3 Å². The van der Waals surface area contributed by atoms with Gasteiger partial charge >= 0.3 is 0 Å². The van der Waals surface area contributed by atoms with E-state index in [4.69, 9.17) is 13.9 Å². The molecule has 0 aliphatic carbocycles. The lowest BCUT2D eigenvalue weighted by atomic mass is 10.1. The number of hydrogen-bond acceptors (Lipinski definition) is 7. The summed E-state index contributed by atoms with van der Waals surface area (Å²) in [7, 11) is -0.721. The van der Waals surface area contributed by atoms with Gasteiger partial charge in [-0.2, -0.15) is 4.98 Å². The lowest BCUT2D eigenvalue weighted by Crippen LogP contribution is -2.10. The van der Waals surface area contributed by atoms with E-state index in [2.05, 4.69) is 10.3 Å². The standard InChI is InChI=1S/C26H26N2O5S/c1-18-9-12-21(13-10-18)34(29,30)26-25(33-24(28-26)20-7-5-4-6-8-20)27-16-15-19-11-14-22(31-2)23(17-19)32-3/h4-14,17,27H,15-16H2,1-3H3. The zero-order valence-corrected chi connectivity index (χ0v) is 20.1. The predicted octanol–water partition coefficient (Wildman–Crippen LogP) is 5.15. The first-order chi connectivity index (χ1) is 16.4. The number of aryl methyl sites for hydroxylation is 1. The lowest BCUT2D eigenvalue weighted by Gasteiger charge is -2.10. The van der Waals surface area contributed by atoms with Crippen molar-refractivity contribution in [2.24, 2.45) is 0 Å². The minimum absolute atomic E-state index is 0.111. The van der Waals surface area contributed by atoms with Crippen molar-refractivity contribution in [2.75, 3.05) is 26.1 Å². The minimum Gasteiger partial charge on any atom is -0.493 e. The second-order valence-electron chi connectivity index (χ2n) is 7.70. The van der Waals surface area contributed by atoms with Gasteiger partial charge in [-0.15, -0.1) is 0 Å². The number of hydrogen-bond donors (Lipinski definition) is 1. The molecular formula is C26H26N2O5S. The quantitative estimate of drug-likeness (QED) is 0.356. The highest BCUT2D eigenvalue weighted by molar-refractivity contribution is 7.91. The fourth-order valence-corrected chi connectivity index (χ4v) is 4.77. The smallest absolute Gasteiger partial charge is 0.233 e. The third kappa shape index (κ3) is 4.92. The van der Waals surface area contributed by atoms with Gasteiger partial charge in [-0.25, -0.2) is 8.42 Å². The summed E-state index contributed by atoms with van der Waals surface area (Å²) in [5.74, 6) is 1.63. The van der Waals surface area contributed by atoms with Crippen LogP contribution in [0.1, 0.15) is 11.1 Å². The van der Waals surface area contributed by atoms with Gasteiger partial charge in [0.1, 0.15) is 0 Å². The average molecular weight is 479 g/mol. The topological polar surface area (TPSA) is 90.7 Å². The summed E-state index contributed by atoms with van der Waals surface area (Å²) in [6, 6.07) is 21.5. The molecule has 7 nitrogen and oxygen atoms in total. The molecule has 4 aromatic rings. The monoisotopic (exact) mass is 478 g/mol. The van der Waals surface area contributed by atoms with Crippen molar-refractivity contribution in [1.29, 1.82) is 0 Å². The van der Waals surface area contributed by atoms with Crippen molar-refractivity contribution >= 4 is 15.7 Å². The molecule has 0 aliphatic rings. The molecule has 0 radical (unpaired) electrons. The van der Waals surface area contributed by atoms with E-state index in [-0.39, 0.29) is 21.7 Å². The molecule has 8 heteroatoms. The molecular weight excluding hydrogens is 452 g/mol. The first-order valence-electron chi connectivity index (χ1n) is 10.7. The first-order valence-corrected chi connectivity index (χ1v) is 12.2. The van der Waals surface area contributed by atoms with Gasteiger partial charge in [-0.1, -0.05) is 42.0 Å². The lowest BCUT2D eigenvalue weighted by molar-refractivity contribution is 0.354. The molecule has 176 valence electrons. The number of nitrogens with one attached hydrogen (secondary N) is 1. The fourth-order valence-electron chi connectivity index (χ4n) is 3.49. The van der Waals surface area contributed by atoms with E-state index in [9.17, 15) is 8.42 Å². The van der Waals surface area contributed by atoms with Crippen LogP contribution < -0.4 is 14.8 Å². The van der Waals surface area contributed by atoms with E-state index < -0.39 is 9.84 Å². The van der Waals surface area contributed by atoms with E-state index >= 15 is 0 Å². The van der Waals surface area contributed by atoms with Crippen LogP contribution in [0, 0.1) is 6.92 Å². The highest BCUT2D eigenvalue weighted by Crippen LogP contribution is 2.33. The molecule has 3 aromatic carbocycles. The Bertz CT molecular complexity index is 1360. The third-order valence-electron chi connectivity index (χ3n) is 5.35.